The minimum absolute atomic E-state index is 0.0736. The van der Waals surface area contributed by atoms with Crippen molar-refractivity contribution in [1.29, 1.82) is 0 Å². The molecule has 0 N–H and O–H groups in total. The number of fused-ring (bicyclic) bond motifs is 3. The lowest BCUT2D eigenvalue weighted by Crippen LogP contribution is -2.35. The van der Waals surface area contributed by atoms with E-state index in [1.54, 1.807) is 0 Å². The summed E-state index contributed by atoms with van der Waals surface area (Å²) in [5.74, 6) is 0. The van der Waals surface area contributed by atoms with Gasteiger partial charge in [-0.25, -0.2) is 4.57 Å². The summed E-state index contributed by atoms with van der Waals surface area (Å²) in [7, 11) is 0. The molecule has 2 heteroatoms. The van der Waals surface area contributed by atoms with Crippen LogP contribution in [0.15, 0.2) is 48.5 Å². The van der Waals surface area contributed by atoms with Crippen LogP contribution in [0.4, 0.5) is 0 Å². The Morgan fingerprint density at radius 1 is 1.07 bits per heavy atom. The number of rotatable bonds is 1. The molecule has 3 heterocycles. The van der Waals surface area contributed by atoms with E-state index in [1.165, 1.54) is 51.6 Å². The first-order chi connectivity index (χ1) is 12.8. The maximum absolute atomic E-state index is 2.58. The molecule has 0 spiro atoms. The van der Waals surface area contributed by atoms with Gasteiger partial charge in [0, 0.05) is 5.41 Å². The smallest absolute Gasteiger partial charge is 0.222 e. The average molecular weight is 358 g/mol. The van der Waals surface area contributed by atoms with Crippen LogP contribution in [0.1, 0.15) is 58.7 Å². The van der Waals surface area contributed by atoms with Gasteiger partial charge in [0.05, 0.1) is 11.9 Å². The van der Waals surface area contributed by atoms with Crippen LogP contribution in [-0.2, 0) is 17.4 Å². The van der Waals surface area contributed by atoms with Gasteiger partial charge in [-0.2, -0.15) is 4.40 Å². The number of pyridine rings is 1. The van der Waals surface area contributed by atoms with Gasteiger partial charge < -0.3 is 0 Å². The quantitative estimate of drug-likeness (QED) is 0.375. The molecular formula is C25H29N2+. The predicted octanol–water partition coefficient (Wildman–Crippen LogP) is 5.90. The molecular weight excluding hydrogens is 328 g/mol. The molecule has 1 unspecified atom stereocenters. The van der Waals surface area contributed by atoms with Crippen molar-refractivity contribution in [3.8, 4) is 0 Å². The van der Waals surface area contributed by atoms with Gasteiger partial charge in [0.25, 0.3) is 5.65 Å². The Balaban J connectivity index is 2.12. The highest BCUT2D eigenvalue weighted by molar-refractivity contribution is 5.99. The summed E-state index contributed by atoms with van der Waals surface area (Å²) < 4.78 is 5.12. The summed E-state index contributed by atoms with van der Waals surface area (Å²) in [6.07, 6.45) is 2.35. The van der Waals surface area contributed by atoms with E-state index in [4.69, 9.17) is 0 Å². The molecule has 0 bridgehead atoms. The van der Waals surface area contributed by atoms with Gasteiger partial charge in [0.1, 0.15) is 5.69 Å². The van der Waals surface area contributed by atoms with Crippen molar-refractivity contribution in [3.63, 3.8) is 0 Å². The molecule has 5 rings (SSSR count). The highest BCUT2D eigenvalue weighted by atomic mass is 15.1. The fraction of sp³-hybridized carbons (Fsp3) is 0.400. The lowest BCUT2D eigenvalue weighted by molar-refractivity contribution is -0.646. The van der Waals surface area contributed by atoms with Crippen molar-refractivity contribution < 1.29 is 4.57 Å². The first-order valence-corrected chi connectivity index (χ1v) is 10.2. The van der Waals surface area contributed by atoms with Crippen LogP contribution in [0.5, 0.6) is 0 Å². The number of benzene rings is 2. The van der Waals surface area contributed by atoms with Gasteiger partial charge in [-0.3, -0.25) is 0 Å². The third-order valence-corrected chi connectivity index (χ3v) is 6.82. The number of imidazole rings is 1. The molecule has 4 aromatic rings. The highest BCUT2D eigenvalue weighted by Crippen LogP contribution is 2.41. The summed E-state index contributed by atoms with van der Waals surface area (Å²) in [5, 5.41) is 2.83. The molecule has 1 atom stereocenters. The highest BCUT2D eigenvalue weighted by Gasteiger charge is 2.37. The maximum Gasteiger partial charge on any atom is 0.295 e. The van der Waals surface area contributed by atoms with E-state index >= 15 is 0 Å². The minimum Gasteiger partial charge on any atom is -0.222 e. The largest absolute Gasteiger partial charge is 0.295 e. The Labute approximate surface area is 161 Å². The second kappa shape index (κ2) is 5.34. The Hall–Kier alpha value is -2.35. The van der Waals surface area contributed by atoms with Crippen LogP contribution in [0.25, 0.3) is 27.5 Å². The summed E-state index contributed by atoms with van der Waals surface area (Å²) in [5.41, 5.74) is 7.26. The first kappa shape index (κ1) is 16.8. The van der Waals surface area contributed by atoms with E-state index in [9.17, 15) is 0 Å². The van der Waals surface area contributed by atoms with Gasteiger partial charge in [0.15, 0.2) is 11.0 Å². The minimum atomic E-state index is 0.0736. The second-order valence-corrected chi connectivity index (χ2v) is 9.51. The number of nitrogens with zero attached hydrogens (tertiary/aromatic N) is 2. The van der Waals surface area contributed by atoms with Gasteiger partial charge >= 0.3 is 0 Å². The number of hydrogen-bond acceptors (Lipinski definition) is 0. The zero-order valence-corrected chi connectivity index (χ0v) is 17.1. The van der Waals surface area contributed by atoms with Gasteiger partial charge in [0.2, 0.25) is 0 Å². The van der Waals surface area contributed by atoms with E-state index in [0.29, 0.717) is 0 Å². The van der Waals surface area contributed by atoms with E-state index in [-0.39, 0.29) is 10.8 Å². The molecule has 2 nitrogen and oxygen atoms in total. The molecule has 0 fully saturated rings. The van der Waals surface area contributed by atoms with Crippen LogP contribution >= 0.6 is 0 Å². The number of hydrogen-bond donors (Lipinski definition) is 0. The SMILES string of the molecule is CCC1(C)CC[n+]2c3ccccc3n3c(C(C)(C)C)cc4cccc1c4c32. The molecule has 27 heavy (non-hydrogen) atoms. The zero-order valence-electron chi connectivity index (χ0n) is 17.1. The lowest BCUT2D eigenvalue weighted by Gasteiger charge is -2.28. The van der Waals surface area contributed by atoms with Gasteiger partial charge in [-0.1, -0.05) is 65.0 Å². The Morgan fingerprint density at radius 2 is 1.85 bits per heavy atom. The van der Waals surface area contributed by atoms with Crippen molar-refractivity contribution in [2.24, 2.45) is 0 Å². The third kappa shape index (κ3) is 2.16. The van der Waals surface area contributed by atoms with E-state index in [2.05, 4.69) is 92.1 Å². The first-order valence-electron chi connectivity index (χ1n) is 10.2. The van der Waals surface area contributed by atoms with Crippen LogP contribution < -0.4 is 4.57 Å². The predicted molar refractivity (Wildman–Crippen MR) is 114 cm³/mol. The van der Waals surface area contributed by atoms with Crippen molar-refractivity contribution in [2.45, 2.75) is 64.8 Å². The maximum atomic E-state index is 2.58. The van der Waals surface area contributed by atoms with Crippen LogP contribution in [-0.4, -0.2) is 4.40 Å². The van der Waals surface area contributed by atoms with Crippen molar-refractivity contribution in [3.05, 3.63) is 59.8 Å². The molecule has 1 aliphatic heterocycles. The Kier molecular flexibility index (Phi) is 3.32. The lowest BCUT2D eigenvalue weighted by atomic mass is 9.76. The van der Waals surface area contributed by atoms with Crippen LogP contribution in [0.2, 0.25) is 0 Å². The average Bonchev–Trinajstić information content (AvgIpc) is 2.91. The summed E-state index contributed by atoms with van der Waals surface area (Å²) in [6, 6.07) is 18.3. The molecule has 0 aliphatic carbocycles. The molecule has 0 radical (unpaired) electrons. The normalized spacial score (nSPS) is 20.0. The van der Waals surface area contributed by atoms with Gasteiger partial charge in [-0.05, 0) is 47.4 Å². The standard InChI is InChI=1S/C25H29N2/c1-6-25(5)14-15-26-19-12-7-8-13-20(19)27-21(24(2,3)4)16-17-10-9-11-18(25)22(17)23(26)27/h7-13,16H,6,14-15H2,1-5H3/q+1. The van der Waals surface area contributed by atoms with Crippen molar-refractivity contribution >= 4 is 27.5 Å². The number of para-hydroxylation sites is 2. The third-order valence-electron chi connectivity index (χ3n) is 6.82. The van der Waals surface area contributed by atoms with E-state index in [1.807, 2.05) is 0 Å². The van der Waals surface area contributed by atoms with E-state index in [0.717, 1.165) is 6.54 Å². The summed E-state index contributed by atoms with van der Waals surface area (Å²) in [4.78, 5) is 0. The van der Waals surface area contributed by atoms with Gasteiger partial charge in [-0.15, -0.1) is 0 Å². The summed E-state index contributed by atoms with van der Waals surface area (Å²) >= 11 is 0. The zero-order chi connectivity index (χ0) is 19.0. The molecule has 138 valence electrons. The molecule has 1 aliphatic rings. The van der Waals surface area contributed by atoms with Crippen molar-refractivity contribution in [1.82, 2.24) is 4.40 Å². The molecule has 0 saturated carbocycles. The summed E-state index contributed by atoms with van der Waals surface area (Å²) in [6.45, 7) is 12.8. The van der Waals surface area contributed by atoms with Crippen molar-refractivity contribution in [2.75, 3.05) is 0 Å². The Morgan fingerprint density at radius 3 is 2.59 bits per heavy atom. The Bertz CT molecular complexity index is 1210. The molecule has 2 aromatic heterocycles. The fourth-order valence-electron chi connectivity index (χ4n) is 5.01. The molecule has 2 aromatic carbocycles. The molecule has 0 amide bonds. The topological polar surface area (TPSA) is 8.29 Å². The monoisotopic (exact) mass is 357 g/mol. The second-order valence-electron chi connectivity index (χ2n) is 9.51. The van der Waals surface area contributed by atoms with Crippen LogP contribution in [0, 0.1) is 0 Å². The number of aromatic nitrogens is 2. The molecule has 0 saturated heterocycles. The number of aryl methyl sites for hydroxylation is 1. The van der Waals surface area contributed by atoms with Crippen LogP contribution in [0.3, 0.4) is 0 Å². The van der Waals surface area contributed by atoms with E-state index < -0.39 is 0 Å². The fourth-order valence-corrected chi connectivity index (χ4v) is 5.01.